The Hall–Kier alpha value is -1.20. The zero-order chi connectivity index (χ0) is 12.0. The number of carbonyl (C=O) groups excluding carboxylic acids is 1. The Morgan fingerprint density at radius 1 is 1.31 bits per heavy atom. The zero-order valence-corrected chi connectivity index (χ0v) is 10.0. The standard InChI is InChI=1S/C11H14O4S/c1-14-9-6-11(16-4-3-12)10(15-2)5-8(9)7-13/h5-7,12H,3-4H2,1-2H3. The molecule has 88 valence electrons. The van der Waals surface area contributed by atoms with Gasteiger partial charge in [-0.1, -0.05) is 0 Å². The van der Waals surface area contributed by atoms with Crippen molar-refractivity contribution in [3.8, 4) is 11.5 Å². The number of carbonyl (C=O) groups is 1. The molecule has 0 heterocycles. The van der Waals surface area contributed by atoms with Crippen molar-refractivity contribution in [2.45, 2.75) is 4.90 Å². The third kappa shape index (κ3) is 2.90. The van der Waals surface area contributed by atoms with Crippen molar-refractivity contribution < 1.29 is 19.4 Å². The summed E-state index contributed by atoms with van der Waals surface area (Å²) >= 11 is 1.45. The van der Waals surface area contributed by atoms with E-state index in [1.807, 2.05) is 0 Å². The second-order valence-electron chi connectivity index (χ2n) is 2.93. The van der Waals surface area contributed by atoms with Gasteiger partial charge in [0.25, 0.3) is 0 Å². The molecule has 0 aromatic heterocycles. The summed E-state index contributed by atoms with van der Waals surface area (Å²) in [5.74, 6) is 1.69. The van der Waals surface area contributed by atoms with Crippen LogP contribution in [-0.2, 0) is 0 Å². The maximum absolute atomic E-state index is 10.8. The Balaban J connectivity index is 3.09. The average molecular weight is 242 g/mol. The van der Waals surface area contributed by atoms with Crippen molar-refractivity contribution in [1.29, 1.82) is 0 Å². The molecule has 0 saturated heterocycles. The summed E-state index contributed by atoms with van der Waals surface area (Å²) in [4.78, 5) is 11.6. The van der Waals surface area contributed by atoms with Gasteiger partial charge in [-0.05, 0) is 12.1 Å². The third-order valence-corrected chi connectivity index (χ3v) is 3.01. The molecule has 0 bridgehead atoms. The second-order valence-corrected chi connectivity index (χ2v) is 4.07. The molecular formula is C11H14O4S. The van der Waals surface area contributed by atoms with Crippen LogP contribution in [0.15, 0.2) is 17.0 Å². The van der Waals surface area contributed by atoms with Gasteiger partial charge in [0.1, 0.15) is 11.5 Å². The van der Waals surface area contributed by atoms with Crippen molar-refractivity contribution in [2.75, 3.05) is 26.6 Å². The first-order valence-corrected chi connectivity index (χ1v) is 5.70. The lowest BCUT2D eigenvalue weighted by atomic mass is 10.2. The Morgan fingerprint density at radius 3 is 2.50 bits per heavy atom. The van der Waals surface area contributed by atoms with Crippen LogP contribution in [0.4, 0.5) is 0 Å². The first-order chi connectivity index (χ1) is 7.76. The van der Waals surface area contributed by atoms with Crippen LogP contribution in [0.1, 0.15) is 10.4 Å². The molecule has 1 aromatic carbocycles. The number of aldehydes is 1. The summed E-state index contributed by atoms with van der Waals surface area (Å²) in [6.07, 6.45) is 0.724. The molecule has 5 heteroatoms. The predicted molar refractivity (Wildman–Crippen MR) is 62.7 cm³/mol. The highest BCUT2D eigenvalue weighted by Crippen LogP contribution is 2.34. The molecule has 0 amide bonds. The minimum atomic E-state index is 0.0889. The smallest absolute Gasteiger partial charge is 0.153 e. The fraction of sp³-hybridized carbons (Fsp3) is 0.364. The van der Waals surface area contributed by atoms with E-state index in [0.717, 1.165) is 11.2 Å². The maximum Gasteiger partial charge on any atom is 0.153 e. The highest BCUT2D eigenvalue weighted by Gasteiger charge is 2.10. The lowest BCUT2D eigenvalue weighted by Gasteiger charge is -2.11. The average Bonchev–Trinajstić information content (AvgIpc) is 2.35. The van der Waals surface area contributed by atoms with Gasteiger partial charge in [-0.2, -0.15) is 0 Å². The van der Waals surface area contributed by atoms with Gasteiger partial charge in [-0.15, -0.1) is 11.8 Å². The largest absolute Gasteiger partial charge is 0.496 e. The lowest BCUT2D eigenvalue weighted by molar-refractivity contribution is 0.112. The molecule has 1 aromatic rings. The van der Waals surface area contributed by atoms with Gasteiger partial charge in [-0.25, -0.2) is 0 Å². The summed E-state index contributed by atoms with van der Waals surface area (Å²) in [5.41, 5.74) is 0.452. The summed E-state index contributed by atoms with van der Waals surface area (Å²) in [6, 6.07) is 3.37. The quantitative estimate of drug-likeness (QED) is 0.606. The molecule has 16 heavy (non-hydrogen) atoms. The first-order valence-electron chi connectivity index (χ1n) is 4.71. The van der Waals surface area contributed by atoms with Crippen molar-refractivity contribution in [3.63, 3.8) is 0 Å². The van der Waals surface area contributed by atoms with Crippen LogP contribution in [-0.4, -0.2) is 38.0 Å². The number of aliphatic hydroxyl groups is 1. The Labute approximate surface area is 98.6 Å². The molecule has 0 spiro atoms. The summed E-state index contributed by atoms with van der Waals surface area (Å²) in [7, 11) is 3.05. The van der Waals surface area contributed by atoms with Gasteiger partial charge < -0.3 is 14.6 Å². The van der Waals surface area contributed by atoms with E-state index in [-0.39, 0.29) is 6.61 Å². The summed E-state index contributed by atoms with van der Waals surface area (Å²) in [6.45, 7) is 0.0889. The number of benzene rings is 1. The van der Waals surface area contributed by atoms with Crippen LogP contribution >= 0.6 is 11.8 Å². The van der Waals surface area contributed by atoms with Crippen LogP contribution in [0.25, 0.3) is 0 Å². The topological polar surface area (TPSA) is 55.8 Å². The molecule has 4 nitrogen and oxygen atoms in total. The van der Waals surface area contributed by atoms with Gasteiger partial charge in [0.15, 0.2) is 6.29 Å². The predicted octanol–water partition coefficient (Wildman–Crippen LogP) is 1.60. The Morgan fingerprint density at radius 2 is 2.00 bits per heavy atom. The first kappa shape index (κ1) is 12.9. The highest BCUT2D eigenvalue weighted by atomic mass is 32.2. The molecule has 0 aliphatic heterocycles. The van der Waals surface area contributed by atoms with E-state index in [0.29, 0.717) is 22.8 Å². The van der Waals surface area contributed by atoms with E-state index >= 15 is 0 Å². The van der Waals surface area contributed by atoms with Crippen LogP contribution in [0.5, 0.6) is 11.5 Å². The monoisotopic (exact) mass is 242 g/mol. The van der Waals surface area contributed by atoms with Gasteiger partial charge in [-0.3, -0.25) is 4.79 Å². The van der Waals surface area contributed by atoms with Gasteiger partial charge in [0.2, 0.25) is 0 Å². The van der Waals surface area contributed by atoms with E-state index in [2.05, 4.69) is 0 Å². The van der Waals surface area contributed by atoms with Gasteiger partial charge >= 0.3 is 0 Å². The molecular weight excluding hydrogens is 228 g/mol. The fourth-order valence-electron chi connectivity index (χ4n) is 1.25. The number of thioether (sulfide) groups is 1. The Bertz CT molecular complexity index is 365. The van der Waals surface area contributed by atoms with Crippen LogP contribution < -0.4 is 9.47 Å². The zero-order valence-electron chi connectivity index (χ0n) is 9.23. The third-order valence-electron chi connectivity index (χ3n) is 1.99. The molecule has 0 aliphatic carbocycles. The maximum atomic E-state index is 10.8. The minimum Gasteiger partial charge on any atom is -0.496 e. The van der Waals surface area contributed by atoms with E-state index in [4.69, 9.17) is 14.6 Å². The van der Waals surface area contributed by atoms with Crippen molar-refractivity contribution in [3.05, 3.63) is 17.7 Å². The van der Waals surface area contributed by atoms with Crippen LogP contribution in [0, 0.1) is 0 Å². The van der Waals surface area contributed by atoms with Crippen molar-refractivity contribution in [1.82, 2.24) is 0 Å². The van der Waals surface area contributed by atoms with Crippen LogP contribution in [0.3, 0.4) is 0 Å². The molecule has 1 rings (SSSR count). The number of rotatable bonds is 6. The van der Waals surface area contributed by atoms with Crippen molar-refractivity contribution in [2.24, 2.45) is 0 Å². The minimum absolute atomic E-state index is 0.0889. The highest BCUT2D eigenvalue weighted by molar-refractivity contribution is 7.99. The fourth-order valence-corrected chi connectivity index (χ4v) is 2.04. The summed E-state index contributed by atoms with van der Waals surface area (Å²) < 4.78 is 10.3. The van der Waals surface area contributed by atoms with Crippen molar-refractivity contribution >= 4 is 18.0 Å². The summed E-state index contributed by atoms with van der Waals surface area (Å²) in [5, 5.41) is 8.77. The van der Waals surface area contributed by atoms with Gasteiger partial charge in [0, 0.05) is 5.75 Å². The molecule has 1 N–H and O–H groups in total. The Kier molecular flexibility index (Phi) is 5.14. The molecule has 0 radical (unpaired) electrons. The molecule has 0 fully saturated rings. The molecule has 0 unspecified atom stereocenters. The number of hydrogen-bond acceptors (Lipinski definition) is 5. The normalized spacial score (nSPS) is 9.94. The second kappa shape index (κ2) is 6.40. The lowest BCUT2D eigenvalue weighted by Crippen LogP contribution is -1.95. The molecule has 0 atom stereocenters. The van der Waals surface area contributed by atoms with Crippen LogP contribution in [0.2, 0.25) is 0 Å². The van der Waals surface area contributed by atoms with E-state index in [1.165, 1.54) is 18.9 Å². The molecule has 0 saturated carbocycles. The number of hydrogen-bond donors (Lipinski definition) is 1. The number of methoxy groups -OCH3 is 2. The number of ether oxygens (including phenoxy) is 2. The van der Waals surface area contributed by atoms with E-state index < -0.39 is 0 Å². The van der Waals surface area contributed by atoms with E-state index in [1.54, 1.807) is 19.2 Å². The van der Waals surface area contributed by atoms with E-state index in [9.17, 15) is 4.79 Å². The number of aliphatic hydroxyl groups excluding tert-OH is 1. The SMILES string of the molecule is COc1cc(SCCO)c(OC)cc1C=O. The molecule has 0 aliphatic rings. The van der Waals surface area contributed by atoms with Gasteiger partial charge in [0.05, 0.1) is 31.3 Å².